The molecule has 1 fully saturated rings. The molecule has 0 amide bonds. The van der Waals surface area contributed by atoms with Crippen LogP contribution in [0.2, 0.25) is 5.02 Å². The minimum absolute atomic E-state index is 0. The van der Waals surface area contributed by atoms with Crippen LogP contribution in [0.4, 0.5) is 4.39 Å². The number of morpholine rings is 1. The Morgan fingerprint density at radius 3 is 2.77 bits per heavy atom. The Morgan fingerprint density at radius 2 is 2.15 bits per heavy atom. The van der Waals surface area contributed by atoms with Gasteiger partial charge in [0.25, 0.3) is 0 Å². The highest BCUT2D eigenvalue weighted by Crippen LogP contribution is 2.29. The first-order chi connectivity index (χ1) is 11.8. The highest BCUT2D eigenvalue weighted by Gasteiger charge is 2.24. The van der Waals surface area contributed by atoms with E-state index in [-0.39, 0.29) is 41.3 Å². The van der Waals surface area contributed by atoms with Gasteiger partial charge in [-0.15, -0.1) is 24.0 Å². The second-order valence-corrected chi connectivity index (χ2v) is 7.48. The SMILES string of the molecule is CN=C(NCC1CN(C)CCO1)NCC(C)(C)c1ccc(F)cc1Cl.I. The number of halogens is 3. The van der Waals surface area contributed by atoms with Crippen molar-refractivity contribution < 1.29 is 9.13 Å². The number of nitrogens with zero attached hydrogens (tertiary/aromatic N) is 2. The molecule has 1 aliphatic heterocycles. The van der Waals surface area contributed by atoms with Crippen LogP contribution >= 0.6 is 35.6 Å². The van der Waals surface area contributed by atoms with Crippen LogP contribution in [0.25, 0.3) is 0 Å². The summed E-state index contributed by atoms with van der Waals surface area (Å²) in [6.07, 6.45) is 0.150. The Balaban J connectivity index is 0.00000338. The van der Waals surface area contributed by atoms with Crippen LogP contribution in [0.15, 0.2) is 23.2 Å². The molecule has 1 heterocycles. The van der Waals surface area contributed by atoms with Gasteiger partial charge in [0.2, 0.25) is 0 Å². The van der Waals surface area contributed by atoms with Gasteiger partial charge in [-0.1, -0.05) is 31.5 Å². The van der Waals surface area contributed by atoms with Gasteiger partial charge in [0, 0.05) is 43.7 Å². The molecule has 0 bridgehead atoms. The summed E-state index contributed by atoms with van der Waals surface area (Å²) >= 11 is 6.20. The van der Waals surface area contributed by atoms with Crippen LogP contribution in [-0.2, 0) is 10.2 Å². The van der Waals surface area contributed by atoms with E-state index in [1.807, 2.05) is 0 Å². The van der Waals surface area contributed by atoms with E-state index in [1.165, 1.54) is 12.1 Å². The molecule has 2 N–H and O–H groups in total. The third kappa shape index (κ3) is 6.83. The van der Waals surface area contributed by atoms with E-state index in [0.717, 1.165) is 25.3 Å². The summed E-state index contributed by atoms with van der Waals surface area (Å²) < 4.78 is 19.0. The summed E-state index contributed by atoms with van der Waals surface area (Å²) in [5, 5.41) is 7.06. The first kappa shape index (κ1) is 23.4. The molecule has 0 saturated carbocycles. The maximum Gasteiger partial charge on any atom is 0.191 e. The van der Waals surface area contributed by atoms with E-state index >= 15 is 0 Å². The largest absolute Gasteiger partial charge is 0.374 e. The first-order valence-corrected chi connectivity index (χ1v) is 8.90. The minimum atomic E-state index is -0.326. The monoisotopic (exact) mass is 498 g/mol. The molecule has 1 unspecified atom stereocenters. The lowest BCUT2D eigenvalue weighted by atomic mass is 9.84. The molecule has 26 heavy (non-hydrogen) atoms. The zero-order valence-electron chi connectivity index (χ0n) is 15.8. The number of hydrogen-bond acceptors (Lipinski definition) is 3. The fraction of sp³-hybridized carbons (Fsp3) is 0.611. The van der Waals surface area contributed by atoms with Crippen LogP contribution < -0.4 is 10.6 Å². The Kier molecular flexibility index (Phi) is 9.57. The van der Waals surface area contributed by atoms with Crippen LogP contribution in [0, 0.1) is 5.82 Å². The zero-order chi connectivity index (χ0) is 18.4. The van der Waals surface area contributed by atoms with Gasteiger partial charge in [0.1, 0.15) is 5.82 Å². The van der Waals surface area contributed by atoms with Crippen molar-refractivity contribution in [3.63, 3.8) is 0 Å². The Labute approximate surface area is 177 Å². The molecular formula is C18H29ClFIN4O. The normalized spacial score (nSPS) is 19.0. The molecule has 0 aliphatic carbocycles. The predicted molar refractivity (Wildman–Crippen MR) is 116 cm³/mol. The van der Waals surface area contributed by atoms with E-state index in [9.17, 15) is 4.39 Å². The molecule has 8 heteroatoms. The van der Waals surface area contributed by atoms with Crippen molar-refractivity contribution in [3.8, 4) is 0 Å². The molecule has 1 aliphatic rings. The summed E-state index contributed by atoms with van der Waals surface area (Å²) in [6.45, 7) is 8.06. The van der Waals surface area contributed by atoms with Crippen molar-refractivity contribution >= 4 is 41.5 Å². The number of aliphatic imine (C=N–C) groups is 1. The summed E-state index contributed by atoms with van der Waals surface area (Å²) in [5.41, 5.74) is 0.625. The van der Waals surface area contributed by atoms with Gasteiger partial charge in [-0.3, -0.25) is 4.99 Å². The van der Waals surface area contributed by atoms with Crippen LogP contribution in [0.1, 0.15) is 19.4 Å². The van der Waals surface area contributed by atoms with Crippen molar-refractivity contribution in [2.45, 2.75) is 25.4 Å². The highest BCUT2D eigenvalue weighted by molar-refractivity contribution is 14.0. The van der Waals surface area contributed by atoms with Crippen LogP contribution in [0.5, 0.6) is 0 Å². The Morgan fingerprint density at radius 1 is 1.42 bits per heavy atom. The van der Waals surface area contributed by atoms with Gasteiger partial charge in [0.05, 0.1) is 12.7 Å². The molecule has 1 saturated heterocycles. The van der Waals surface area contributed by atoms with E-state index in [2.05, 4.69) is 41.4 Å². The lowest BCUT2D eigenvalue weighted by Gasteiger charge is -2.31. The van der Waals surface area contributed by atoms with Crippen molar-refractivity contribution in [2.24, 2.45) is 4.99 Å². The predicted octanol–water partition coefficient (Wildman–Crippen LogP) is 2.87. The van der Waals surface area contributed by atoms with Gasteiger partial charge in [-0.05, 0) is 24.7 Å². The minimum Gasteiger partial charge on any atom is -0.374 e. The van der Waals surface area contributed by atoms with Gasteiger partial charge >= 0.3 is 0 Å². The smallest absolute Gasteiger partial charge is 0.191 e. The standard InChI is InChI=1S/C18H28ClFN4O.HI/c1-18(2,15-6-5-13(20)9-16(15)19)12-23-17(21-3)22-10-14-11-24(4)7-8-25-14;/h5-6,9,14H,7-8,10-12H2,1-4H3,(H2,21,22,23);1H. The van der Waals surface area contributed by atoms with Gasteiger partial charge in [0.15, 0.2) is 5.96 Å². The summed E-state index contributed by atoms with van der Waals surface area (Å²) in [4.78, 5) is 6.51. The quantitative estimate of drug-likeness (QED) is 0.372. The second kappa shape index (κ2) is 10.6. The summed E-state index contributed by atoms with van der Waals surface area (Å²) in [7, 11) is 3.83. The molecule has 0 aromatic heterocycles. The van der Waals surface area contributed by atoms with Gasteiger partial charge < -0.3 is 20.3 Å². The van der Waals surface area contributed by atoms with Crippen molar-refractivity contribution in [1.82, 2.24) is 15.5 Å². The van der Waals surface area contributed by atoms with E-state index in [4.69, 9.17) is 16.3 Å². The van der Waals surface area contributed by atoms with Crippen LogP contribution in [-0.4, -0.2) is 63.8 Å². The van der Waals surface area contributed by atoms with Crippen molar-refractivity contribution in [2.75, 3.05) is 46.9 Å². The molecule has 1 aromatic rings. The summed E-state index contributed by atoms with van der Waals surface area (Å²) in [5.74, 6) is 0.385. The van der Waals surface area contributed by atoms with Crippen molar-refractivity contribution in [3.05, 3.63) is 34.6 Å². The number of rotatable bonds is 5. The molecular weight excluding hydrogens is 470 g/mol. The third-order valence-electron chi connectivity index (χ3n) is 4.42. The topological polar surface area (TPSA) is 48.9 Å². The molecule has 0 radical (unpaired) electrons. The number of nitrogens with one attached hydrogen (secondary N) is 2. The maximum absolute atomic E-state index is 13.3. The highest BCUT2D eigenvalue weighted by atomic mass is 127. The Hall–Kier alpha value is -0.640. The average molecular weight is 499 g/mol. The number of benzene rings is 1. The number of guanidine groups is 1. The first-order valence-electron chi connectivity index (χ1n) is 8.52. The maximum atomic E-state index is 13.3. The number of likely N-dealkylation sites (N-methyl/N-ethyl adjacent to an activating group) is 1. The van der Waals surface area contributed by atoms with Crippen molar-refractivity contribution in [1.29, 1.82) is 0 Å². The van der Waals surface area contributed by atoms with E-state index < -0.39 is 0 Å². The molecule has 5 nitrogen and oxygen atoms in total. The van der Waals surface area contributed by atoms with Gasteiger partial charge in [-0.2, -0.15) is 0 Å². The van der Waals surface area contributed by atoms with Crippen LogP contribution in [0.3, 0.4) is 0 Å². The molecule has 148 valence electrons. The lowest BCUT2D eigenvalue weighted by Crippen LogP contribution is -2.49. The third-order valence-corrected chi connectivity index (χ3v) is 4.73. The molecule has 1 atom stereocenters. The second-order valence-electron chi connectivity index (χ2n) is 7.07. The fourth-order valence-corrected chi connectivity index (χ4v) is 3.28. The fourth-order valence-electron chi connectivity index (χ4n) is 2.86. The Bertz CT molecular complexity index is 615. The van der Waals surface area contributed by atoms with Gasteiger partial charge in [-0.25, -0.2) is 4.39 Å². The molecule has 0 spiro atoms. The number of ether oxygens (including phenoxy) is 1. The summed E-state index contributed by atoms with van der Waals surface area (Å²) in [6, 6.07) is 4.52. The molecule has 1 aromatic carbocycles. The zero-order valence-corrected chi connectivity index (χ0v) is 18.9. The number of hydrogen-bond donors (Lipinski definition) is 2. The lowest BCUT2D eigenvalue weighted by molar-refractivity contribution is -0.0161. The van der Waals surface area contributed by atoms with E-state index in [0.29, 0.717) is 24.1 Å². The molecule has 2 rings (SSSR count). The average Bonchev–Trinajstić information content (AvgIpc) is 2.54. The van der Waals surface area contributed by atoms with E-state index in [1.54, 1.807) is 13.1 Å².